The van der Waals surface area contributed by atoms with E-state index < -0.39 is 0 Å². The lowest BCUT2D eigenvalue weighted by molar-refractivity contribution is 0.408. The molecule has 0 spiro atoms. The summed E-state index contributed by atoms with van der Waals surface area (Å²) in [5.74, 6) is 1.74. The third kappa shape index (κ3) is 3.42. The molecule has 0 aliphatic rings. The van der Waals surface area contributed by atoms with E-state index >= 15 is 0 Å². The van der Waals surface area contributed by atoms with E-state index in [9.17, 15) is 0 Å². The zero-order valence-corrected chi connectivity index (χ0v) is 13.5. The Balaban J connectivity index is 2.23. The number of methoxy groups -OCH3 is 2. The van der Waals surface area contributed by atoms with Crippen LogP contribution in [0.3, 0.4) is 0 Å². The van der Waals surface area contributed by atoms with Crippen molar-refractivity contribution in [2.45, 2.75) is 20.4 Å². The molecule has 0 unspecified atom stereocenters. The molecule has 2 aromatic carbocycles. The summed E-state index contributed by atoms with van der Waals surface area (Å²) in [6, 6.07) is 9.72. The van der Waals surface area contributed by atoms with Gasteiger partial charge in [-0.05, 0) is 43.7 Å². The molecule has 1 N–H and O–H groups in total. The minimum Gasteiger partial charge on any atom is -0.496 e. The van der Waals surface area contributed by atoms with Gasteiger partial charge in [0.05, 0.1) is 14.2 Å². The third-order valence-electron chi connectivity index (χ3n) is 3.52. The molecule has 0 radical (unpaired) electrons. The van der Waals surface area contributed by atoms with Gasteiger partial charge in [-0.25, -0.2) is 0 Å². The highest BCUT2D eigenvalue weighted by molar-refractivity contribution is 6.30. The molecule has 2 rings (SSSR count). The zero-order valence-electron chi connectivity index (χ0n) is 12.8. The van der Waals surface area contributed by atoms with Crippen molar-refractivity contribution in [3.05, 3.63) is 52.0 Å². The van der Waals surface area contributed by atoms with E-state index in [1.165, 1.54) is 0 Å². The summed E-state index contributed by atoms with van der Waals surface area (Å²) in [6.07, 6.45) is 0. The van der Waals surface area contributed by atoms with Crippen molar-refractivity contribution in [1.82, 2.24) is 0 Å². The second kappa shape index (κ2) is 6.72. The molecule has 3 nitrogen and oxygen atoms in total. The second-order valence-electron chi connectivity index (χ2n) is 4.90. The molecular weight excluding hydrogens is 286 g/mol. The molecule has 0 aliphatic carbocycles. The van der Waals surface area contributed by atoms with Crippen LogP contribution in [0.2, 0.25) is 5.02 Å². The molecule has 0 aromatic heterocycles. The first-order valence-electron chi connectivity index (χ1n) is 6.77. The monoisotopic (exact) mass is 305 g/mol. The zero-order chi connectivity index (χ0) is 15.4. The summed E-state index contributed by atoms with van der Waals surface area (Å²) >= 11 is 6.05. The average Bonchev–Trinajstić information content (AvgIpc) is 2.47. The molecule has 0 heterocycles. The molecule has 0 saturated carbocycles. The van der Waals surface area contributed by atoms with Gasteiger partial charge in [0.15, 0.2) is 0 Å². The van der Waals surface area contributed by atoms with Gasteiger partial charge in [-0.2, -0.15) is 0 Å². The number of benzene rings is 2. The third-order valence-corrected chi connectivity index (χ3v) is 3.75. The van der Waals surface area contributed by atoms with Crippen LogP contribution in [-0.4, -0.2) is 14.2 Å². The second-order valence-corrected chi connectivity index (χ2v) is 5.33. The molecule has 0 atom stereocenters. The molecule has 0 amide bonds. The summed E-state index contributed by atoms with van der Waals surface area (Å²) in [7, 11) is 3.35. The number of hydrogen-bond acceptors (Lipinski definition) is 3. The predicted octanol–water partition coefficient (Wildman–Crippen LogP) is 4.59. The van der Waals surface area contributed by atoms with Crippen LogP contribution in [0.25, 0.3) is 0 Å². The van der Waals surface area contributed by atoms with Crippen LogP contribution >= 0.6 is 11.6 Å². The van der Waals surface area contributed by atoms with Crippen molar-refractivity contribution in [3.8, 4) is 11.5 Å². The summed E-state index contributed by atoms with van der Waals surface area (Å²) in [5.41, 5.74) is 4.28. The van der Waals surface area contributed by atoms with Gasteiger partial charge in [-0.15, -0.1) is 0 Å². The van der Waals surface area contributed by atoms with Crippen molar-refractivity contribution in [1.29, 1.82) is 0 Å². The lowest BCUT2D eigenvalue weighted by Gasteiger charge is -2.16. The van der Waals surface area contributed by atoms with Crippen molar-refractivity contribution in [2.24, 2.45) is 0 Å². The average molecular weight is 306 g/mol. The van der Waals surface area contributed by atoms with E-state index in [1.54, 1.807) is 14.2 Å². The lowest BCUT2D eigenvalue weighted by atomic mass is 10.1. The number of hydrogen-bond donors (Lipinski definition) is 1. The molecule has 0 aliphatic heterocycles. The number of aryl methyl sites for hydroxylation is 1. The highest BCUT2D eigenvalue weighted by atomic mass is 35.5. The van der Waals surface area contributed by atoms with E-state index in [4.69, 9.17) is 21.1 Å². The molecule has 112 valence electrons. The fraction of sp³-hybridized carbons (Fsp3) is 0.294. The highest BCUT2D eigenvalue weighted by Crippen LogP contribution is 2.30. The van der Waals surface area contributed by atoms with Crippen molar-refractivity contribution in [2.75, 3.05) is 19.5 Å². The predicted molar refractivity (Wildman–Crippen MR) is 87.8 cm³/mol. The summed E-state index contributed by atoms with van der Waals surface area (Å²) in [5, 5.41) is 4.11. The molecule has 21 heavy (non-hydrogen) atoms. The maximum absolute atomic E-state index is 6.05. The molecule has 4 heteroatoms. The van der Waals surface area contributed by atoms with E-state index in [-0.39, 0.29) is 0 Å². The van der Waals surface area contributed by atoms with Crippen LogP contribution in [0, 0.1) is 13.8 Å². The van der Waals surface area contributed by atoms with Gasteiger partial charge in [-0.3, -0.25) is 0 Å². The first kappa shape index (κ1) is 15.5. The Bertz CT molecular complexity index is 641. The molecule has 0 saturated heterocycles. The number of ether oxygens (including phenoxy) is 2. The Hall–Kier alpha value is -1.87. The van der Waals surface area contributed by atoms with E-state index in [2.05, 4.69) is 11.4 Å². The van der Waals surface area contributed by atoms with Crippen LogP contribution in [0.15, 0.2) is 30.3 Å². The maximum Gasteiger partial charge on any atom is 0.126 e. The fourth-order valence-corrected chi connectivity index (χ4v) is 2.60. The van der Waals surface area contributed by atoms with E-state index in [1.807, 2.05) is 38.1 Å². The smallest absolute Gasteiger partial charge is 0.126 e. The maximum atomic E-state index is 6.05. The summed E-state index contributed by atoms with van der Waals surface area (Å²) < 4.78 is 10.8. The summed E-state index contributed by atoms with van der Waals surface area (Å²) in [6.45, 7) is 4.72. The Labute approximate surface area is 130 Å². The van der Waals surface area contributed by atoms with Gasteiger partial charge in [0, 0.05) is 28.4 Å². The van der Waals surface area contributed by atoms with Gasteiger partial charge < -0.3 is 14.8 Å². The first-order chi connectivity index (χ1) is 10.1. The minimum atomic E-state index is 0.636. The van der Waals surface area contributed by atoms with Crippen molar-refractivity contribution < 1.29 is 9.47 Å². The minimum absolute atomic E-state index is 0.636. The van der Waals surface area contributed by atoms with Gasteiger partial charge in [-0.1, -0.05) is 17.7 Å². The molecular formula is C17H20ClNO2. The lowest BCUT2D eigenvalue weighted by Crippen LogP contribution is -2.04. The Morgan fingerprint density at radius 2 is 1.81 bits per heavy atom. The molecule has 0 fully saturated rings. The number of anilines is 1. The van der Waals surface area contributed by atoms with Crippen molar-refractivity contribution in [3.63, 3.8) is 0 Å². The number of rotatable bonds is 5. The Kier molecular flexibility index (Phi) is 4.97. The van der Waals surface area contributed by atoms with Crippen LogP contribution in [0.4, 0.5) is 5.69 Å². The number of halogens is 1. The number of nitrogens with one attached hydrogen (secondary N) is 1. The largest absolute Gasteiger partial charge is 0.496 e. The van der Waals surface area contributed by atoms with Crippen LogP contribution in [0.1, 0.15) is 16.7 Å². The molecule has 0 bridgehead atoms. The summed E-state index contributed by atoms with van der Waals surface area (Å²) in [4.78, 5) is 0. The normalized spacial score (nSPS) is 10.3. The first-order valence-corrected chi connectivity index (χ1v) is 7.15. The van der Waals surface area contributed by atoms with Crippen LogP contribution in [0.5, 0.6) is 11.5 Å². The fourth-order valence-electron chi connectivity index (χ4n) is 2.41. The van der Waals surface area contributed by atoms with Gasteiger partial charge >= 0.3 is 0 Å². The Morgan fingerprint density at radius 3 is 2.48 bits per heavy atom. The highest BCUT2D eigenvalue weighted by Gasteiger charge is 2.09. The van der Waals surface area contributed by atoms with E-state index in [0.717, 1.165) is 33.9 Å². The topological polar surface area (TPSA) is 30.5 Å². The van der Waals surface area contributed by atoms with Crippen LogP contribution < -0.4 is 14.8 Å². The van der Waals surface area contributed by atoms with Gasteiger partial charge in [0.25, 0.3) is 0 Å². The van der Waals surface area contributed by atoms with E-state index in [0.29, 0.717) is 11.6 Å². The SMILES string of the molecule is COc1ccc(Cl)cc1CNc1ccc(C)c(OC)c1C. The van der Waals surface area contributed by atoms with Gasteiger partial charge in [0.2, 0.25) is 0 Å². The van der Waals surface area contributed by atoms with Gasteiger partial charge in [0.1, 0.15) is 11.5 Å². The Morgan fingerprint density at radius 1 is 1.05 bits per heavy atom. The molecule has 2 aromatic rings. The quantitative estimate of drug-likeness (QED) is 0.876. The van der Waals surface area contributed by atoms with Crippen LogP contribution in [-0.2, 0) is 6.54 Å². The standard InChI is InChI=1S/C17H20ClNO2/c1-11-5-7-15(12(2)17(11)21-4)19-10-13-9-14(18)6-8-16(13)20-3/h5-9,19H,10H2,1-4H3. The van der Waals surface area contributed by atoms with Crippen molar-refractivity contribution >= 4 is 17.3 Å².